The molecule has 0 aliphatic carbocycles. The second-order valence-corrected chi connectivity index (χ2v) is 8.42. The van der Waals surface area contributed by atoms with Crippen LogP contribution in [-0.4, -0.2) is 31.2 Å². The molecule has 0 spiro atoms. The molecule has 4 aromatic rings. The zero-order valence-corrected chi connectivity index (χ0v) is 19.9. The Morgan fingerprint density at radius 1 is 1.03 bits per heavy atom. The lowest BCUT2D eigenvalue weighted by Gasteiger charge is -2.12. The van der Waals surface area contributed by atoms with Crippen molar-refractivity contribution >= 4 is 38.7 Å². The first-order chi connectivity index (χ1) is 17.2. The highest BCUT2D eigenvalue weighted by atomic mass is 32.1. The topological polar surface area (TPSA) is 93.5 Å². The van der Waals surface area contributed by atoms with Crippen LogP contribution in [0.2, 0.25) is 0 Å². The number of methoxy groups -OCH3 is 1. The molecule has 0 bridgehead atoms. The molecule has 8 heteroatoms. The Balaban J connectivity index is 1.36. The summed E-state index contributed by atoms with van der Waals surface area (Å²) >= 11 is 1.35. The van der Waals surface area contributed by atoms with E-state index < -0.39 is 5.91 Å². The summed E-state index contributed by atoms with van der Waals surface area (Å²) in [6.45, 7) is 0.981. The van der Waals surface area contributed by atoms with Crippen molar-refractivity contribution in [2.24, 2.45) is 0 Å². The molecule has 4 rings (SSSR count). The third-order valence-electron chi connectivity index (χ3n) is 4.94. The van der Waals surface area contributed by atoms with Gasteiger partial charge in [-0.05, 0) is 48.0 Å². The minimum atomic E-state index is -0.524. The van der Waals surface area contributed by atoms with Crippen molar-refractivity contribution in [3.05, 3.63) is 83.9 Å². The Morgan fingerprint density at radius 3 is 2.57 bits per heavy atom. The highest BCUT2D eigenvalue weighted by Gasteiger charge is 2.13. The Hall–Kier alpha value is -4.35. The number of nitriles is 1. The Kier molecular flexibility index (Phi) is 7.94. The molecular formula is C27H23N3O4S. The van der Waals surface area contributed by atoms with Crippen LogP contribution in [0.3, 0.4) is 0 Å². The highest BCUT2D eigenvalue weighted by molar-refractivity contribution is 7.22. The number of nitrogens with one attached hydrogen (secondary N) is 1. The van der Waals surface area contributed by atoms with Gasteiger partial charge in [-0.2, -0.15) is 5.26 Å². The van der Waals surface area contributed by atoms with E-state index in [1.165, 1.54) is 17.4 Å². The van der Waals surface area contributed by atoms with Gasteiger partial charge in [0.05, 0.1) is 30.5 Å². The highest BCUT2D eigenvalue weighted by Crippen LogP contribution is 2.30. The lowest BCUT2D eigenvalue weighted by Crippen LogP contribution is -2.13. The van der Waals surface area contributed by atoms with Gasteiger partial charge in [0.25, 0.3) is 5.91 Å². The Bertz CT molecular complexity index is 1340. The minimum absolute atomic E-state index is 0.0435. The number of aromatic nitrogens is 1. The number of rotatable bonds is 10. The van der Waals surface area contributed by atoms with Crippen LogP contribution < -0.4 is 19.5 Å². The van der Waals surface area contributed by atoms with Gasteiger partial charge in [0.2, 0.25) is 0 Å². The molecule has 0 fully saturated rings. The van der Waals surface area contributed by atoms with Crippen LogP contribution in [0.5, 0.6) is 17.2 Å². The minimum Gasteiger partial charge on any atom is -0.493 e. The molecule has 0 unspecified atom stereocenters. The largest absolute Gasteiger partial charge is 0.493 e. The lowest BCUT2D eigenvalue weighted by molar-refractivity contribution is -0.112. The molecule has 0 aliphatic rings. The average molecular weight is 486 g/mol. The summed E-state index contributed by atoms with van der Waals surface area (Å²) in [4.78, 5) is 17.0. The molecule has 1 amide bonds. The van der Waals surface area contributed by atoms with Gasteiger partial charge in [-0.15, -0.1) is 0 Å². The van der Waals surface area contributed by atoms with Crippen molar-refractivity contribution in [1.29, 1.82) is 5.26 Å². The second-order valence-electron chi connectivity index (χ2n) is 7.38. The molecule has 0 atom stereocenters. The molecule has 176 valence electrons. The average Bonchev–Trinajstić information content (AvgIpc) is 3.30. The number of ether oxygens (including phenoxy) is 3. The van der Waals surface area contributed by atoms with Crippen LogP contribution in [0.1, 0.15) is 12.0 Å². The molecule has 1 aromatic heterocycles. The van der Waals surface area contributed by atoms with E-state index in [1.807, 2.05) is 60.7 Å². The number of carbonyl (C=O) groups is 1. The van der Waals surface area contributed by atoms with E-state index in [0.717, 1.165) is 16.0 Å². The molecule has 3 aromatic carbocycles. The monoisotopic (exact) mass is 485 g/mol. The summed E-state index contributed by atoms with van der Waals surface area (Å²) in [5, 5.41) is 12.7. The van der Waals surface area contributed by atoms with E-state index in [1.54, 1.807) is 25.3 Å². The van der Waals surface area contributed by atoms with E-state index in [2.05, 4.69) is 10.3 Å². The van der Waals surface area contributed by atoms with Gasteiger partial charge in [-0.1, -0.05) is 47.7 Å². The van der Waals surface area contributed by atoms with Crippen molar-refractivity contribution in [3.8, 4) is 23.3 Å². The third-order valence-corrected chi connectivity index (χ3v) is 5.89. The van der Waals surface area contributed by atoms with E-state index in [9.17, 15) is 10.1 Å². The van der Waals surface area contributed by atoms with Crippen LogP contribution in [0.4, 0.5) is 5.13 Å². The van der Waals surface area contributed by atoms with Crippen molar-refractivity contribution in [1.82, 2.24) is 4.98 Å². The van der Waals surface area contributed by atoms with Gasteiger partial charge in [-0.25, -0.2) is 4.98 Å². The zero-order valence-electron chi connectivity index (χ0n) is 19.1. The number of amides is 1. The number of nitrogens with zero attached hydrogens (tertiary/aromatic N) is 2. The Labute approximate surface area is 207 Å². The summed E-state index contributed by atoms with van der Waals surface area (Å²) in [6, 6.07) is 24.4. The number of hydrogen-bond acceptors (Lipinski definition) is 7. The van der Waals surface area contributed by atoms with Crippen molar-refractivity contribution in [2.75, 3.05) is 25.6 Å². The first-order valence-electron chi connectivity index (χ1n) is 10.9. The van der Waals surface area contributed by atoms with Gasteiger partial charge in [-0.3, -0.25) is 10.1 Å². The van der Waals surface area contributed by atoms with Gasteiger partial charge in [0, 0.05) is 6.42 Å². The van der Waals surface area contributed by atoms with Crippen molar-refractivity contribution in [2.45, 2.75) is 6.42 Å². The number of para-hydroxylation sites is 2. The molecular weight excluding hydrogens is 462 g/mol. The summed E-state index contributed by atoms with van der Waals surface area (Å²) in [6.07, 6.45) is 2.20. The quantitative estimate of drug-likeness (QED) is 0.176. The molecule has 1 heterocycles. The fourth-order valence-electron chi connectivity index (χ4n) is 3.25. The molecule has 0 radical (unpaired) electrons. The summed E-state index contributed by atoms with van der Waals surface area (Å²) < 4.78 is 17.9. The fourth-order valence-corrected chi connectivity index (χ4v) is 4.11. The standard InChI is InChI=1S/C27H23N3O4S/c1-32-24-17-19(12-13-23(24)34-15-7-14-33-21-8-3-2-4-9-21)16-20(18-28)26(31)30-27-29-22-10-5-6-11-25(22)35-27/h2-6,8-13,16-17H,7,14-15H2,1H3,(H,29,30,31)/b20-16+. The van der Waals surface area contributed by atoms with Gasteiger partial charge >= 0.3 is 0 Å². The Morgan fingerprint density at radius 2 is 1.80 bits per heavy atom. The third kappa shape index (κ3) is 6.37. The number of thiazole rings is 1. The van der Waals surface area contributed by atoms with Gasteiger partial charge in [0.1, 0.15) is 17.4 Å². The number of anilines is 1. The van der Waals surface area contributed by atoms with E-state index in [4.69, 9.17) is 14.2 Å². The number of benzene rings is 3. The number of carbonyl (C=O) groups excluding carboxylic acids is 1. The molecule has 0 aliphatic heterocycles. The summed E-state index contributed by atoms with van der Waals surface area (Å²) in [7, 11) is 1.54. The first-order valence-corrected chi connectivity index (χ1v) is 11.8. The van der Waals surface area contributed by atoms with E-state index in [-0.39, 0.29) is 5.57 Å². The molecule has 1 N–H and O–H groups in total. The first kappa shape index (κ1) is 23.8. The molecule has 7 nitrogen and oxygen atoms in total. The normalized spacial score (nSPS) is 11.0. The lowest BCUT2D eigenvalue weighted by atomic mass is 10.1. The second kappa shape index (κ2) is 11.7. The molecule has 35 heavy (non-hydrogen) atoms. The zero-order chi connectivity index (χ0) is 24.5. The van der Waals surface area contributed by atoms with Crippen LogP contribution in [0.25, 0.3) is 16.3 Å². The van der Waals surface area contributed by atoms with Crippen LogP contribution in [-0.2, 0) is 4.79 Å². The summed E-state index contributed by atoms with van der Waals surface area (Å²) in [5.41, 5.74) is 1.39. The fraction of sp³-hybridized carbons (Fsp3) is 0.148. The molecule has 0 saturated heterocycles. The summed E-state index contributed by atoms with van der Waals surface area (Å²) in [5.74, 6) is 1.37. The smallest absolute Gasteiger partial charge is 0.268 e. The predicted octanol–water partition coefficient (Wildman–Crippen LogP) is 5.70. The van der Waals surface area contributed by atoms with Crippen LogP contribution >= 0.6 is 11.3 Å². The maximum Gasteiger partial charge on any atom is 0.268 e. The number of fused-ring (bicyclic) bond motifs is 1. The SMILES string of the molecule is COc1cc(/C=C(\C#N)C(=O)Nc2nc3ccccc3s2)ccc1OCCCOc1ccccc1. The van der Waals surface area contributed by atoms with Crippen molar-refractivity contribution in [3.63, 3.8) is 0 Å². The van der Waals surface area contributed by atoms with E-state index in [0.29, 0.717) is 41.8 Å². The van der Waals surface area contributed by atoms with Crippen molar-refractivity contribution < 1.29 is 19.0 Å². The van der Waals surface area contributed by atoms with Gasteiger partial charge in [0.15, 0.2) is 16.6 Å². The van der Waals surface area contributed by atoms with E-state index >= 15 is 0 Å². The van der Waals surface area contributed by atoms with Crippen LogP contribution in [0.15, 0.2) is 78.4 Å². The number of hydrogen-bond donors (Lipinski definition) is 1. The van der Waals surface area contributed by atoms with Crippen LogP contribution in [0, 0.1) is 11.3 Å². The molecule has 0 saturated carbocycles. The maximum atomic E-state index is 12.6. The van der Waals surface area contributed by atoms with Gasteiger partial charge < -0.3 is 14.2 Å². The predicted molar refractivity (Wildman–Crippen MR) is 137 cm³/mol. The maximum absolute atomic E-state index is 12.6.